The van der Waals surface area contributed by atoms with E-state index >= 15 is 0 Å². The number of aromatic nitrogens is 1. The Morgan fingerprint density at radius 3 is 2.72 bits per heavy atom. The molecule has 0 saturated heterocycles. The molecule has 5 nitrogen and oxygen atoms in total. The molecule has 0 saturated carbocycles. The molecule has 0 aliphatic rings. The molecule has 0 unspecified atom stereocenters. The van der Waals surface area contributed by atoms with Crippen LogP contribution in [0.4, 0.5) is 8.78 Å². The minimum atomic E-state index is -2.90. The molecule has 0 radical (unpaired) electrons. The van der Waals surface area contributed by atoms with E-state index in [2.05, 4.69) is 9.72 Å². The van der Waals surface area contributed by atoms with Gasteiger partial charge in [-0.3, -0.25) is 9.59 Å². The van der Waals surface area contributed by atoms with Gasteiger partial charge in [-0.2, -0.15) is 0 Å². The fourth-order valence-corrected chi connectivity index (χ4v) is 1.52. The normalized spacial score (nSPS) is 10.7. The van der Waals surface area contributed by atoms with Gasteiger partial charge in [-0.1, -0.05) is 0 Å². The van der Waals surface area contributed by atoms with Crippen LogP contribution >= 0.6 is 0 Å². The molecule has 0 spiro atoms. The van der Waals surface area contributed by atoms with E-state index in [0.29, 0.717) is 0 Å². The quantitative estimate of drug-likeness (QED) is 0.769. The van der Waals surface area contributed by atoms with Gasteiger partial charge in [-0.05, 0) is 6.92 Å². The second kappa shape index (κ2) is 6.25. The number of hydrogen-bond donors (Lipinski definition) is 2. The predicted molar refractivity (Wildman–Crippen MR) is 60.2 cm³/mol. The summed E-state index contributed by atoms with van der Waals surface area (Å²) in [6.07, 6.45) is -2.35. The molecule has 3 N–H and O–H groups in total. The van der Waals surface area contributed by atoms with E-state index in [9.17, 15) is 18.4 Å². The maximum atomic E-state index is 12.6. The van der Waals surface area contributed by atoms with Crippen LogP contribution in [0.25, 0.3) is 0 Å². The number of esters is 1. The van der Waals surface area contributed by atoms with Crippen molar-refractivity contribution in [1.82, 2.24) is 4.98 Å². The van der Waals surface area contributed by atoms with Crippen molar-refractivity contribution in [2.45, 2.75) is 26.3 Å². The fraction of sp³-hybridized carbons (Fsp3) is 0.455. The maximum Gasteiger partial charge on any atom is 0.310 e. The van der Waals surface area contributed by atoms with Gasteiger partial charge in [0.15, 0.2) is 5.43 Å². The number of pyridine rings is 1. The van der Waals surface area contributed by atoms with Crippen molar-refractivity contribution in [2.75, 3.05) is 6.61 Å². The molecule has 0 aliphatic heterocycles. The van der Waals surface area contributed by atoms with Crippen LogP contribution in [0.5, 0.6) is 0 Å². The Balaban J connectivity index is 3.18. The van der Waals surface area contributed by atoms with Gasteiger partial charge in [0.25, 0.3) is 6.43 Å². The molecule has 0 atom stereocenters. The summed E-state index contributed by atoms with van der Waals surface area (Å²) in [7, 11) is 0. The van der Waals surface area contributed by atoms with E-state index in [1.807, 2.05) is 0 Å². The first kappa shape index (κ1) is 14.3. The molecule has 100 valence electrons. The first-order valence-electron chi connectivity index (χ1n) is 5.38. The number of nitrogens with two attached hydrogens (primary N) is 1. The summed E-state index contributed by atoms with van der Waals surface area (Å²) in [5.74, 6) is -0.649. The van der Waals surface area contributed by atoms with Crippen LogP contribution in [-0.4, -0.2) is 17.6 Å². The van der Waals surface area contributed by atoms with E-state index < -0.39 is 23.4 Å². The van der Waals surface area contributed by atoms with E-state index in [1.54, 1.807) is 6.92 Å². The summed E-state index contributed by atoms with van der Waals surface area (Å²) in [5.41, 5.74) is 4.05. The molecule has 1 heterocycles. The third-order valence-electron chi connectivity index (χ3n) is 2.37. The molecule has 1 rings (SSSR count). The van der Waals surface area contributed by atoms with E-state index in [-0.39, 0.29) is 30.8 Å². The minimum Gasteiger partial charge on any atom is -0.466 e. The van der Waals surface area contributed by atoms with Crippen LogP contribution < -0.4 is 11.2 Å². The Labute approximate surface area is 102 Å². The maximum absolute atomic E-state index is 12.6. The Morgan fingerprint density at radius 2 is 2.22 bits per heavy atom. The van der Waals surface area contributed by atoms with Crippen LogP contribution in [0.2, 0.25) is 0 Å². The second-order valence-corrected chi connectivity index (χ2v) is 3.52. The Hall–Kier alpha value is -1.76. The van der Waals surface area contributed by atoms with Gasteiger partial charge in [-0.15, -0.1) is 0 Å². The van der Waals surface area contributed by atoms with Crippen molar-refractivity contribution in [3.8, 4) is 0 Å². The lowest BCUT2D eigenvalue weighted by atomic mass is 10.1. The zero-order valence-corrected chi connectivity index (χ0v) is 9.83. The van der Waals surface area contributed by atoms with Crippen LogP contribution in [0.15, 0.2) is 11.0 Å². The van der Waals surface area contributed by atoms with Gasteiger partial charge >= 0.3 is 5.97 Å². The van der Waals surface area contributed by atoms with E-state index in [0.717, 1.165) is 6.20 Å². The molecular formula is C11H14F2N2O3. The van der Waals surface area contributed by atoms with Gasteiger partial charge in [0.2, 0.25) is 0 Å². The summed E-state index contributed by atoms with van der Waals surface area (Å²) >= 11 is 0. The number of H-pyrrole nitrogens is 1. The molecule has 1 aromatic heterocycles. The zero-order valence-electron chi connectivity index (χ0n) is 9.83. The smallest absolute Gasteiger partial charge is 0.310 e. The summed E-state index contributed by atoms with van der Waals surface area (Å²) in [4.78, 5) is 25.6. The Morgan fingerprint density at radius 1 is 1.56 bits per heavy atom. The fourth-order valence-electron chi connectivity index (χ4n) is 1.52. The first-order valence-corrected chi connectivity index (χ1v) is 5.38. The zero-order chi connectivity index (χ0) is 13.7. The summed E-state index contributed by atoms with van der Waals surface area (Å²) in [6.45, 7) is 1.72. The molecule has 1 aromatic rings. The summed E-state index contributed by atoms with van der Waals surface area (Å²) < 4.78 is 29.8. The lowest BCUT2D eigenvalue weighted by molar-refractivity contribution is -0.142. The van der Waals surface area contributed by atoms with Gasteiger partial charge in [0.1, 0.15) is 0 Å². The standard InChI is InChI=1S/C11H14F2N2O3/c1-2-18-9(16)3-6-8(4-14)15-5-7(10(6)17)11(12)13/h5,11H,2-4,14H2,1H3,(H,15,17). The lowest BCUT2D eigenvalue weighted by Crippen LogP contribution is -2.24. The molecule has 0 aliphatic carbocycles. The molecule has 18 heavy (non-hydrogen) atoms. The number of halogens is 2. The number of hydrogen-bond acceptors (Lipinski definition) is 4. The van der Waals surface area contributed by atoms with E-state index in [1.165, 1.54) is 0 Å². The highest BCUT2D eigenvalue weighted by molar-refractivity contribution is 5.72. The summed E-state index contributed by atoms with van der Waals surface area (Å²) in [5, 5.41) is 0. The van der Waals surface area contributed by atoms with Crippen molar-refractivity contribution >= 4 is 5.97 Å². The van der Waals surface area contributed by atoms with Gasteiger partial charge < -0.3 is 15.5 Å². The van der Waals surface area contributed by atoms with Gasteiger partial charge in [0.05, 0.1) is 18.6 Å². The molecule has 7 heteroatoms. The number of aromatic amines is 1. The van der Waals surface area contributed by atoms with Crippen LogP contribution in [-0.2, 0) is 22.5 Å². The Kier molecular flexibility index (Phi) is 4.96. The van der Waals surface area contributed by atoms with Crippen molar-refractivity contribution < 1.29 is 18.3 Å². The highest BCUT2D eigenvalue weighted by Gasteiger charge is 2.19. The number of carbonyl (C=O) groups is 1. The van der Waals surface area contributed by atoms with E-state index in [4.69, 9.17) is 5.73 Å². The number of ether oxygens (including phenoxy) is 1. The average molecular weight is 260 g/mol. The molecule has 0 bridgehead atoms. The van der Waals surface area contributed by atoms with Gasteiger partial charge in [0, 0.05) is 24.0 Å². The van der Waals surface area contributed by atoms with Crippen molar-refractivity contribution in [3.63, 3.8) is 0 Å². The third kappa shape index (κ3) is 3.13. The monoisotopic (exact) mass is 260 g/mol. The number of rotatable bonds is 5. The predicted octanol–water partition coefficient (Wildman–Crippen LogP) is 0.877. The first-order chi connectivity index (χ1) is 8.51. The largest absolute Gasteiger partial charge is 0.466 e. The van der Waals surface area contributed by atoms with Crippen molar-refractivity contribution in [3.05, 3.63) is 33.2 Å². The number of carbonyl (C=O) groups excluding carboxylic acids is 1. The molecule has 0 fully saturated rings. The van der Waals surface area contributed by atoms with Crippen molar-refractivity contribution in [2.24, 2.45) is 5.73 Å². The number of nitrogens with one attached hydrogen (secondary N) is 1. The molecule has 0 amide bonds. The highest BCUT2D eigenvalue weighted by atomic mass is 19.3. The topological polar surface area (TPSA) is 85.2 Å². The Bertz CT molecular complexity index is 486. The van der Waals surface area contributed by atoms with Crippen molar-refractivity contribution in [1.29, 1.82) is 0 Å². The van der Waals surface area contributed by atoms with Crippen LogP contribution in [0.3, 0.4) is 0 Å². The summed E-state index contributed by atoms with van der Waals surface area (Å²) in [6, 6.07) is 0. The van der Waals surface area contributed by atoms with Gasteiger partial charge in [-0.25, -0.2) is 8.78 Å². The van der Waals surface area contributed by atoms with Crippen LogP contribution in [0, 0.1) is 0 Å². The molecular weight excluding hydrogens is 246 g/mol. The SMILES string of the molecule is CCOC(=O)Cc1c(CN)[nH]cc(C(F)F)c1=O. The molecule has 0 aromatic carbocycles. The second-order valence-electron chi connectivity index (χ2n) is 3.52. The average Bonchev–Trinajstić information content (AvgIpc) is 2.31. The van der Waals surface area contributed by atoms with Crippen LogP contribution in [0.1, 0.15) is 30.2 Å². The highest BCUT2D eigenvalue weighted by Crippen LogP contribution is 2.15. The third-order valence-corrected chi connectivity index (χ3v) is 2.37. The number of alkyl halides is 2. The minimum absolute atomic E-state index is 0.0481. The lowest BCUT2D eigenvalue weighted by Gasteiger charge is -2.09.